The summed E-state index contributed by atoms with van der Waals surface area (Å²) >= 11 is 0. The molecule has 2 heterocycles. The average Bonchev–Trinajstić information content (AvgIpc) is 2.61. The highest BCUT2D eigenvalue weighted by atomic mass is 15.0. The zero-order chi connectivity index (χ0) is 11.1. The Morgan fingerprint density at radius 1 is 1.12 bits per heavy atom. The second-order valence-corrected chi connectivity index (χ2v) is 4.16. The summed E-state index contributed by atoms with van der Waals surface area (Å²) in [5.41, 5.74) is 3.89. The summed E-state index contributed by atoms with van der Waals surface area (Å²) < 4.78 is 2.35. The minimum atomic E-state index is 0.994. The van der Waals surface area contributed by atoms with Crippen LogP contribution in [0, 0.1) is 6.92 Å². The Morgan fingerprint density at radius 2 is 2.00 bits per heavy atom. The van der Waals surface area contributed by atoms with Gasteiger partial charge in [-0.1, -0.05) is 12.1 Å². The van der Waals surface area contributed by atoms with Gasteiger partial charge in [-0.05, 0) is 31.5 Å². The number of aryl methyl sites for hydroxylation is 2. The van der Waals surface area contributed by atoms with Crippen LogP contribution in [-0.4, -0.2) is 9.55 Å². The summed E-state index contributed by atoms with van der Waals surface area (Å²) in [4.78, 5) is 4.22. The quantitative estimate of drug-likeness (QED) is 0.601. The fraction of sp³-hybridized carbons (Fsp3) is 0.214. The van der Waals surface area contributed by atoms with Crippen LogP contribution in [0.2, 0.25) is 0 Å². The number of pyridine rings is 1. The van der Waals surface area contributed by atoms with E-state index in [1.807, 2.05) is 12.4 Å². The van der Waals surface area contributed by atoms with Crippen molar-refractivity contribution in [3.63, 3.8) is 0 Å². The molecule has 2 aromatic heterocycles. The van der Waals surface area contributed by atoms with Gasteiger partial charge in [-0.25, -0.2) is 0 Å². The van der Waals surface area contributed by atoms with E-state index in [0.29, 0.717) is 0 Å². The zero-order valence-electron chi connectivity index (χ0n) is 9.57. The van der Waals surface area contributed by atoms with Crippen LogP contribution >= 0.6 is 0 Å². The van der Waals surface area contributed by atoms with Gasteiger partial charge in [0.15, 0.2) is 0 Å². The third kappa shape index (κ3) is 1.16. The number of nitrogens with zero attached hydrogens (tertiary/aromatic N) is 2. The highest BCUT2D eigenvalue weighted by Gasteiger charge is 2.08. The highest BCUT2D eigenvalue weighted by molar-refractivity contribution is 6.07. The minimum Gasteiger partial charge on any atom is -0.341 e. The van der Waals surface area contributed by atoms with Crippen molar-refractivity contribution >= 4 is 21.8 Å². The maximum atomic E-state index is 4.22. The molecule has 0 saturated carbocycles. The van der Waals surface area contributed by atoms with Crippen molar-refractivity contribution in [1.82, 2.24) is 9.55 Å². The van der Waals surface area contributed by atoms with Crippen LogP contribution in [0.3, 0.4) is 0 Å². The van der Waals surface area contributed by atoms with Crippen molar-refractivity contribution in [2.24, 2.45) is 0 Å². The molecule has 0 aliphatic rings. The van der Waals surface area contributed by atoms with Crippen molar-refractivity contribution < 1.29 is 0 Å². The van der Waals surface area contributed by atoms with Crippen molar-refractivity contribution in [3.05, 3.63) is 42.2 Å². The number of hydrogen-bond acceptors (Lipinski definition) is 1. The normalized spacial score (nSPS) is 11.4. The lowest BCUT2D eigenvalue weighted by atomic mass is 10.1. The first-order valence-electron chi connectivity index (χ1n) is 5.64. The summed E-state index contributed by atoms with van der Waals surface area (Å²) in [5, 5.41) is 2.55. The van der Waals surface area contributed by atoms with Gasteiger partial charge in [0.1, 0.15) is 0 Å². The molecule has 0 fully saturated rings. The third-order valence-electron chi connectivity index (χ3n) is 3.14. The van der Waals surface area contributed by atoms with E-state index in [1.165, 1.54) is 27.4 Å². The second kappa shape index (κ2) is 3.34. The molecule has 0 saturated heterocycles. The van der Waals surface area contributed by atoms with E-state index in [9.17, 15) is 0 Å². The Bertz CT molecular complexity index is 665. The van der Waals surface area contributed by atoms with E-state index in [-0.39, 0.29) is 0 Å². The molecule has 16 heavy (non-hydrogen) atoms. The number of rotatable bonds is 1. The highest BCUT2D eigenvalue weighted by Crippen LogP contribution is 2.28. The Labute approximate surface area is 94.5 Å². The first-order valence-corrected chi connectivity index (χ1v) is 5.64. The molecule has 0 aliphatic heterocycles. The summed E-state index contributed by atoms with van der Waals surface area (Å²) in [6, 6.07) is 8.70. The van der Waals surface area contributed by atoms with Gasteiger partial charge in [0.05, 0.1) is 5.52 Å². The fourth-order valence-electron chi connectivity index (χ4n) is 2.39. The van der Waals surface area contributed by atoms with E-state index in [0.717, 1.165) is 6.54 Å². The summed E-state index contributed by atoms with van der Waals surface area (Å²) in [5.74, 6) is 0. The molecule has 0 bridgehead atoms. The predicted molar refractivity (Wildman–Crippen MR) is 67.7 cm³/mol. The maximum Gasteiger partial charge on any atom is 0.0522 e. The lowest BCUT2D eigenvalue weighted by Gasteiger charge is -2.02. The van der Waals surface area contributed by atoms with Gasteiger partial charge in [0.25, 0.3) is 0 Å². The molecule has 0 radical (unpaired) electrons. The molecule has 3 rings (SSSR count). The fourth-order valence-corrected chi connectivity index (χ4v) is 2.39. The molecule has 3 aromatic rings. The number of benzene rings is 1. The van der Waals surface area contributed by atoms with Crippen molar-refractivity contribution in [2.75, 3.05) is 0 Å². The van der Waals surface area contributed by atoms with E-state index in [1.54, 1.807) is 0 Å². The molecule has 1 aromatic carbocycles. The van der Waals surface area contributed by atoms with Gasteiger partial charge in [-0.2, -0.15) is 0 Å². The average molecular weight is 210 g/mol. The van der Waals surface area contributed by atoms with Crippen LogP contribution in [0.25, 0.3) is 21.8 Å². The lowest BCUT2D eigenvalue weighted by molar-refractivity contribution is 0.826. The molecule has 0 amide bonds. The predicted octanol–water partition coefficient (Wildman–Crippen LogP) is 3.52. The second-order valence-electron chi connectivity index (χ2n) is 4.16. The largest absolute Gasteiger partial charge is 0.341 e. The molecule has 2 heteroatoms. The smallest absolute Gasteiger partial charge is 0.0522 e. The van der Waals surface area contributed by atoms with Crippen LogP contribution in [0.5, 0.6) is 0 Å². The van der Waals surface area contributed by atoms with Gasteiger partial charge in [-0.15, -0.1) is 0 Å². The molecule has 0 spiro atoms. The van der Waals surface area contributed by atoms with E-state index in [4.69, 9.17) is 0 Å². The van der Waals surface area contributed by atoms with Gasteiger partial charge in [0.2, 0.25) is 0 Å². The van der Waals surface area contributed by atoms with E-state index >= 15 is 0 Å². The monoisotopic (exact) mass is 210 g/mol. The topological polar surface area (TPSA) is 17.8 Å². The lowest BCUT2D eigenvalue weighted by Crippen LogP contribution is -1.92. The summed E-state index contributed by atoms with van der Waals surface area (Å²) in [6.45, 7) is 5.31. The first-order chi connectivity index (χ1) is 7.81. The van der Waals surface area contributed by atoms with Crippen LogP contribution in [-0.2, 0) is 6.54 Å². The molecule has 0 atom stereocenters. The summed E-state index contributed by atoms with van der Waals surface area (Å²) in [6.07, 6.45) is 3.82. The van der Waals surface area contributed by atoms with Crippen LogP contribution in [0.15, 0.2) is 36.7 Å². The van der Waals surface area contributed by atoms with Crippen molar-refractivity contribution in [2.45, 2.75) is 20.4 Å². The van der Waals surface area contributed by atoms with Gasteiger partial charge in [0, 0.05) is 35.2 Å². The maximum absolute atomic E-state index is 4.22. The molecule has 0 unspecified atom stereocenters. The Hall–Kier alpha value is -1.83. The number of fused-ring (bicyclic) bond motifs is 3. The zero-order valence-corrected chi connectivity index (χ0v) is 9.57. The molecule has 80 valence electrons. The molecule has 0 aliphatic carbocycles. The van der Waals surface area contributed by atoms with Gasteiger partial charge < -0.3 is 4.57 Å². The van der Waals surface area contributed by atoms with Crippen LogP contribution in [0.4, 0.5) is 0 Å². The first kappa shape index (κ1) is 9.40. The standard InChI is InChI=1S/C14H14N2/c1-3-16-13-6-7-15-9-12(13)11-5-4-10(2)8-14(11)16/h4-9H,3H2,1-2H3. The minimum absolute atomic E-state index is 0.994. The van der Waals surface area contributed by atoms with Crippen molar-refractivity contribution in [1.29, 1.82) is 0 Å². The van der Waals surface area contributed by atoms with Gasteiger partial charge in [-0.3, -0.25) is 4.98 Å². The van der Waals surface area contributed by atoms with Crippen LogP contribution < -0.4 is 0 Å². The summed E-state index contributed by atoms with van der Waals surface area (Å²) in [7, 11) is 0. The third-order valence-corrected chi connectivity index (χ3v) is 3.14. The number of aromatic nitrogens is 2. The van der Waals surface area contributed by atoms with Crippen molar-refractivity contribution in [3.8, 4) is 0 Å². The Kier molecular flexibility index (Phi) is 1.96. The SMILES string of the molecule is CCn1c2ccncc2c2ccc(C)cc21. The molecule has 0 N–H and O–H groups in total. The molecular formula is C14H14N2. The van der Waals surface area contributed by atoms with Gasteiger partial charge >= 0.3 is 0 Å². The molecule has 2 nitrogen and oxygen atoms in total. The Morgan fingerprint density at radius 3 is 2.81 bits per heavy atom. The van der Waals surface area contributed by atoms with Crippen LogP contribution in [0.1, 0.15) is 12.5 Å². The Balaban J connectivity index is 2.58. The van der Waals surface area contributed by atoms with E-state index < -0.39 is 0 Å². The van der Waals surface area contributed by atoms with E-state index in [2.05, 4.69) is 47.7 Å². The number of hydrogen-bond donors (Lipinski definition) is 0. The molecular weight excluding hydrogens is 196 g/mol.